The minimum absolute atomic E-state index is 0.0229. The van der Waals surface area contributed by atoms with Gasteiger partial charge < -0.3 is 9.47 Å². The Morgan fingerprint density at radius 2 is 2.33 bits per heavy atom. The van der Waals surface area contributed by atoms with E-state index in [2.05, 4.69) is 9.72 Å². The summed E-state index contributed by atoms with van der Waals surface area (Å²) in [5.74, 6) is -0.484. The van der Waals surface area contributed by atoms with Crippen molar-refractivity contribution in [1.82, 2.24) is 9.38 Å². The summed E-state index contributed by atoms with van der Waals surface area (Å²) in [6, 6.07) is 1.37. The molecule has 18 heavy (non-hydrogen) atoms. The number of thiazole rings is 1. The van der Waals surface area contributed by atoms with E-state index < -0.39 is 5.97 Å². The Hall–Kier alpha value is -1.73. The smallest absolute Gasteiger partial charge is 0.332 e. The van der Waals surface area contributed by atoms with Gasteiger partial charge in [-0.2, -0.15) is 0 Å². The highest BCUT2D eigenvalue weighted by molar-refractivity contribution is 7.15. The van der Waals surface area contributed by atoms with E-state index in [1.807, 2.05) is 12.3 Å². The molecule has 0 radical (unpaired) electrons. The molecular weight excluding hydrogens is 256 g/mol. The van der Waals surface area contributed by atoms with Gasteiger partial charge in [0.05, 0.1) is 5.69 Å². The Morgan fingerprint density at radius 1 is 1.56 bits per heavy atom. The number of ether oxygens (including phenoxy) is 2. The van der Waals surface area contributed by atoms with Crippen LogP contribution in [0.1, 0.15) is 11.4 Å². The number of aromatic nitrogens is 2. The van der Waals surface area contributed by atoms with Crippen LogP contribution in [0.25, 0.3) is 4.96 Å². The van der Waals surface area contributed by atoms with Crippen molar-refractivity contribution < 1.29 is 14.3 Å². The van der Waals surface area contributed by atoms with Gasteiger partial charge >= 0.3 is 5.97 Å². The molecule has 0 N–H and O–H groups in total. The first-order valence-corrected chi connectivity index (χ1v) is 6.11. The SMILES string of the molecule is COCC(=O)OCc1cc(=O)n2c(C)csc2n1. The molecule has 96 valence electrons. The second-order valence-electron chi connectivity index (χ2n) is 3.67. The van der Waals surface area contributed by atoms with Crippen molar-refractivity contribution in [2.45, 2.75) is 13.5 Å². The molecule has 0 saturated heterocycles. The number of aryl methyl sites for hydroxylation is 1. The number of hydrogen-bond donors (Lipinski definition) is 0. The number of hydrogen-bond acceptors (Lipinski definition) is 6. The predicted octanol–water partition coefficient (Wildman–Crippen LogP) is 0.754. The lowest BCUT2D eigenvalue weighted by molar-refractivity contribution is -0.149. The molecule has 6 nitrogen and oxygen atoms in total. The van der Waals surface area contributed by atoms with Gasteiger partial charge in [-0.25, -0.2) is 9.78 Å². The molecule has 0 aliphatic heterocycles. The summed E-state index contributed by atoms with van der Waals surface area (Å²) in [5.41, 5.74) is 1.11. The van der Waals surface area contributed by atoms with Crippen LogP contribution in [0, 0.1) is 6.92 Å². The lowest BCUT2D eigenvalue weighted by Gasteiger charge is -2.03. The number of nitrogens with zero attached hydrogens (tertiary/aromatic N) is 2. The van der Waals surface area contributed by atoms with Crippen LogP contribution in [-0.2, 0) is 20.9 Å². The molecule has 0 spiro atoms. The third kappa shape index (κ3) is 2.57. The van der Waals surface area contributed by atoms with Gasteiger partial charge in [0.1, 0.15) is 13.2 Å². The van der Waals surface area contributed by atoms with Crippen LogP contribution in [0.15, 0.2) is 16.2 Å². The molecule has 0 fully saturated rings. The highest BCUT2D eigenvalue weighted by atomic mass is 32.1. The zero-order valence-corrected chi connectivity index (χ0v) is 10.8. The topological polar surface area (TPSA) is 69.9 Å². The number of carbonyl (C=O) groups excluding carboxylic acids is 1. The minimum Gasteiger partial charge on any atom is -0.457 e. The fraction of sp³-hybridized carbons (Fsp3) is 0.364. The Bertz CT molecular complexity index is 631. The van der Waals surface area contributed by atoms with Gasteiger partial charge in [-0.1, -0.05) is 0 Å². The van der Waals surface area contributed by atoms with Gasteiger partial charge in [0.25, 0.3) is 5.56 Å². The van der Waals surface area contributed by atoms with E-state index in [1.165, 1.54) is 28.9 Å². The number of rotatable bonds is 4. The molecule has 0 aliphatic rings. The van der Waals surface area contributed by atoms with Gasteiger partial charge in [-0.3, -0.25) is 9.20 Å². The molecular formula is C11H12N2O4S. The second-order valence-corrected chi connectivity index (χ2v) is 4.51. The van der Waals surface area contributed by atoms with Gasteiger partial charge in [0.15, 0.2) is 4.96 Å². The zero-order valence-electron chi connectivity index (χ0n) is 10.0. The summed E-state index contributed by atoms with van der Waals surface area (Å²) in [6.45, 7) is 1.70. The van der Waals surface area contributed by atoms with Crippen molar-refractivity contribution in [3.05, 3.63) is 33.2 Å². The first kappa shape index (κ1) is 12.7. The average molecular weight is 268 g/mol. The Balaban J connectivity index is 2.20. The standard InChI is InChI=1S/C11H12N2O4S/c1-7-6-18-11-12-8(3-9(14)13(7)11)4-17-10(15)5-16-2/h3,6H,4-5H2,1-2H3. The fourth-order valence-electron chi connectivity index (χ4n) is 1.49. The van der Waals surface area contributed by atoms with Crippen LogP contribution in [-0.4, -0.2) is 29.1 Å². The summed E-state index contributed by atoms with van der Waals surface area (Å²) in [6.07, 6.45) is 0. The van der Waals surface area contributed by atoms with E-state index in [9.17, 15) is 9.59 Å². The van der Waals surface area contributed by atoms with Crippen LogP contribution in [0.4, 0.5) is 0 Å². The monoisotopic (exact) mass is 268 g/mol. The summed E-state index contributed by atoms with van der Waals surface area (Å²) in [7, 11) is 1.41. The van der Waals surface area contributed by atoms with Gasteiger partial charge in [0, 0.05) is 24.3 Å². The molecule has 7 heteroatoms. The van der Waals surface area contributed by atoms with E-state index in [4.69, 9.17) is 4.74 Å². The van der Waals surface area contributed by atoms with E-state index in [0.717, 1.165) is 5.69 Å². The van der Waals surface area contributed by atoms with Crippen molar-refractivity contribution in [2.75, 3.05) is 13.7 Å². The van der Waals surface area contributed by atoms with E-state index in [0.29, 0.717) is 10.7 Å². The van der Waals surface area contributed by atoms with Crippen molar-refractivity contribution in [3.63, 3.8) is 0 Å². The van der Waals surface area contributed by atoms with E-state index >= 15 is 0 Å². The molecule has 2 aromatic rings. The molecule has 0 amide bonds. The third-order valence-electron chi connectivity index (χ3n) is 2.27. The Kier molecular flexibility index (Phi) is 3.73. The Labute approximate surface area is 107 Å². The normalized spacial score (nSPS) is 10.8. The minimum atomic E-state index is -0.484. The molecule has 2 rings (SSSR count). The highest BCUT2D eigenvalue weighted by Crippen LogP contribution is 2.11. The van der Waals surface area contributed by atoms with Crippen LogP contribution < -0.4 is 5.56 Å². The predicted molar refractivity (Wildman–Crippen MR) is 65.7 cm³/mol. The van der Waals surface area contributed by atoms with Crippen molar-refractivity contribution in [1.29, 1.82) is 0 Å². The molecule has 2 heterocycles. The average Bonchev–Trinajstić information content (AvgIpc) is 2.69. The summed E-state index contributed by atoms with van der Waals surface area (Å²) in [4.78, 5) is 27.8. The van der Waals surface area contributed by atoms with E-state index in [1.54, 1.807) is 0 Å². The molecule has 0 unspecified atom stereocenters. The molecule has 0 aliphatic carbocycles. The number of carbonyl (C=O) groups is 1. The maximum absolute atomic E-state index is 11.8. The van der Waals surface area contributed by atoms with Crippen molar-refractivity contribution >= 4 is 22.3 Å². The first-order chi connectivity index (χ1) is 8.61. The molecule has 0 atom stereocenters. The lowest BCUT2D eigenvalue weighted by Crippen LogP contribution is -2.17. The van der Waals surface area contributed by atoms with Gasteiger partial charge in [0.2, 0.25) is 0 Å². The van der Waals surface area contributed by atoms with E-state index in [-0.39, 0.29) is 18.8 Å². The Morgan fingerprint density at radius 3 is 3.06 bits per heavy atom. The van der Waals surface area contributed by atoms with Gasteiger partial charge in [-0.05, 0) is 6.92 Å². The van der Waals surface area contributed by atoms with Gasteiger partial charge in [-0.15, -0.1) is 11.3 Å². The first-order valence-electron chi connectivity index (χ1n) is 5.23. The van der Waals surface area contributed by atoms with Crippen LogP contribution >= 0.6 is 11.3 Å². The summed E-state index contributed by atoms with van der Waals surface area (Å²) >= 11 is 1.37. The molecule has 0 saturated carbocycles. The fourth-order valence-corrected chi connectivity index (χ4v) is 2.38. The molecule has 2 aromatic heterocycles. The highest BCUT2D eigenvalue weighted by Gasteiger charge is 2.08. The maximum atomic E-state index is 11.8. The number of fused-ring (bicyclic) bond motifs is 1. The lowest BCUT2D eigenvalue weighted by atomic mass is 10.4. The number of methoxy groups -OCH3 is 1. The second kappa shape index (κ2) is 5.28. The summed E-state index contributed by atoms with van der Waals surface area (Å²) < 4.78 is 11.1. The molecule has 0 aromatic carbocycles. The number of esters is 1. The molecule has 0 bridgehead atoms. The summed E-state index contributed by atoms with van der Waals surface area (Å²) in [5, 5.41) is 1.85. The largest absolute Gasteiger partial charge is 0.457 e. The zero-order chi connectivity index (χ0) is 13.1. The van der Waals surface area contributed by atoms with Crippen molar-refractivity contribution in [2.24, 2.45) is 0 Å². The van der Waals surface area contributed by atoms with Crippen LogP contribution in [0.2, 0.25) is 0 Å². The quantitative estimate of drug-likeness (QED) is 0.765. The van der Waals surface area contributed by atoms with Crippen LogP contribution in [0.3, 0.4) is 0 Å². The van der Waals surface area contributed by atoms with Crippen molar-refractivity contribution in [3.8, 4) is 0 Å². The maximum Gasteiger partial charge on any atom is 0.332 e. The third-order valence-corrected chi connectivity index (χ3v) is 3.22. The van der Waals surface area contributed by atoms with Crippen LogP contribution in [0.5, 0.6) is 0 Å².